The minimum absolute atomic E-state index is 0.398. The molecule has 0 atom stereocenters. The summed E-state index contributed by atoms with van der Waals surface area (Å²) in [7, 11) is 1.56. The molecule has 0 aliphatic carbocycles. The standard InChI is InChI=1S/C15H15NO4/c1-4-7-19-13-6-5-11(9-14(13)18-3)8-12-10(2)16-20-15(12)17/h4-6,8-9H,1,7H2,2-3H3/b12-8+. The number of carbonyl (C=O) groups is 1. The molecule has 0 aromatic heterocycles. The highest BCUT2D eigenvalue weighted by Crippen LogP contribution is 2.29. The maximum Gasteiger partial charge on any atom is 0.367 e. The van der Waals surface area contributed by atoms with Crippen LogP contribution in [0.15, 0.2) is 41.6 Å². The van der Waals surface area contributed by atoms with E-state index in [1.165, 1.54) is 0 Å². The smallest absolute Gasteiger partial charge is 0.367 e. The van der Waals surface area contributed by atoms with Crippen LogP contribution in [0.3, 0.4) is 0 Å². The van der Waals surface area contributed by atoms with Crippen molar-refractivity contribution in [2.75, 3.05) is 13.7 Å². The van der Waals surface area contributed by atoms with Gasteiger partial charge in [-0.05, 0) is 30.7 Å². The molecule has 1 heterocycles. The Labute approximate surface area is 117 Å². The fourth-order valence-electron chi connectivity index (χ4n) is 1.73. The summed E-state index contributed by atoms with van der Waals surface area (Å²) in [5.74, 6) is 0.754. The zero-order chi connectivity index (χ0) is 14.5. The second-order valence-corrected chi connectivity index (χ2v) is 4.12. The first-order valence-corrected chi connectivity index (χ1v) is 6.05. The monoisotopic (exact) mass is 273 g/mol. The van der Waals surface area contributed by atoms with Gasteiger partial charge in [-0.3, -0.25) is 0 Å². The second kappa shape index (κ2) is 6.06. The van der Waals surface area contributed by atoms with Gasteiger partial charge < -0.3 is 14.3 Å². The summed E-state index contributed by atoms with van der Waals surface area (Å²) >= 11 is 0. The minimum atomic E-state index is -0.451. The third-order valence-corrected chi connectivity index (χ3v) is 2.73. The summed E-state index contributed by atoms with van der Waals surface area (Å²) in [5.41, 5.74) is 1.80. The predicted molar refractivity (Wildman–Crippen MR) is 75.9 cm³/mol. The van der Waals surface area contributed by atoms with E-state index in [0.717, 1.165) is 5.56 Å². The topological polar surface area (TPSA) is 57.1 Å². The van der Waals surface area contributed by atoms with E-state index in [9.17, 15) is 4.79 Å². The van der Waals surface area contributed by atoms with Crippen LogP contribution in [-0.4, -0.2) is 25.4 Å². The lowest BCUT2D eigenvalue weighted by molar-refractivity contribution is -0.136. The van der Waals surface area contributed by atoms with Gasteiger partial charge in [0, 0.05) is 0 Å². The molecule has 0 bridgehead atoms. The highest BCUT2D eigenvalue weighted by molar-refractivity contribution is 6.24. The Morgan fingerprint density at radius 3 is 2.80 bits per heavy atom. The highest BCUT2D eigenvalue weighted by Gasteiger charge is 2.21. The molecule has 0 fully saturated rings. The number of methoxy groups -OCH3 is 1. The molecule has 5 nitrogen and oxygen atoms in total. The Bertz CT molecular complexity index is 602. The summed E-state index contributed by atoms with van der Waals surface area (Å²) in [4.78, 5) is 16.1. The SMILES string of the molecule is C=CCOc1ccc(/C=C2/C(=O)ON=C2C)cc1OC. The highest BCUT2D eigenvalue weighted by atomic mass is 16.7. The van der Waals surface area contributed by atoms with Crippen LogP contribution < -0.4 is 9.47 Å². The van der Waals surface area contributed by atoms with Crippen LogP contribution >= 0.6 is 0 Å². The summed E-state index contributed by atoms with van der Waals surface area (Å²) < 4.78 is 10.7. The lowest BCUT2D eigenvalue weighted by atomic mass is 10.1. The van der Waals surface area contributed by atoms with Crippen LogP contribution in [0.5, 0.6) is 11.5 Å². The van der Waals surface area contributed by atoms with Crippen LogP contribution in [0.4, 0.5) is 0 Å². The fraction of sp³-hybridized carbons (Fsp3) is 0.200. The third kappa shape index (κ3) is 2.88. The van der Waals surface area contributed by atoms with Gasteiger partial charge in [0.2, 0.25) is 0 Å². The molecule has 1 aliphatic rings. The van der Waals surface area contributed by atoms with Crippen molar-refractivity contribution < 1.29 is 19.1 Å². The number of rotatable bonds is 5. The molecule has 0 saturated carbocycles. The molecule has 0 N–H and O–H groups in total. The molecular formula is C15H15NO4. The van der Waals surface area contributed by atoms with Crippen molar-refractivity contribution in [3.05, 3.63) is 42.0 Å². The molecule has 20 heavy (non-hydrogen) atoms. The number of hydrogen-bond donors (Lipinski definition) is 0. The number of benzene rings is 1. The normalized spacial score (nSPS) is 15.8. The van der Waals surface area contributed by atoms with Gasteiger partial charge in [-0.15, -0.1) is 0 Å². The van der Waals surface area contributed by atoms with E-state index in [2.05, 4.69) is 16.6 Å². The number of carbonyl (C=O) groups excluding carboxylic acids is 1. The Balaban J connectivity index is 2.30. The molecule has 1 aromatic rings. The van der Waals surface area contributed by atoms with Gasteiger partial charge in [0.1, 0.15) is 6.61 Å². The Morgan fingerprint density at radius 2 is 2.20 bits per heavy atom. The van der Waals surface area contributed by atoms with Crippen LogP contribution in [0, 0.1) is 0 Å². The average Bonchev–Trinajstić information content (AvgIpc) is 2.77. The van der Waals surface area contributed by atoms with E-state index < -0.39 is 5.97 Å². The number of oxime groups is 1. The first-order valence-electron chi connectivity index (χ1n) is 6.05. The van der Waals surface area contributed by atoms with E-state index in [1.54, 1.807) is 38.3 Å². The summed E-state index contributed by atoms with van der Waals surface area (Å²) in [6.07, 6.45) is 3.36. The predicted octanol–water partition coefficient (Wildman–Crippen LogP) is 2.58. The van der Waals surface area contributed by atoms with Crippen molar-refractivity contribution in [2.24, 2.45) is 5.16 Å². The van der Waals surface area contributed by atoms with E-state index in [1.807, 2.05) is 6.07 Å². The summed E-state index contributed by atoms with van der Waals surface area (Å²) in [6.45, 7) is 5.71. The minimum Gasteiger partial charge on any atom is -0.493 e. The van der Waals surface area contributed by atoms with Crippen molar-refractivity contribution in [3.63, 3.8) is 0 Å². The van der Waals surface area contributed by atoms with Gasteiger partial charge >= 0.3 is 5.97 Å². The molecule has 0 radical (unpaired) electrons. The molecule has 0 spiro atoms. The maximum atomic E-state index is 11.5. The van der Waals surface area contributed by atoms with Crippen LogP contribution in [-0.2, 0) is 9.63 Å². The van der Waals surface area contributed by atoms with Crippen molar-refractivity contribution >= 4 is 17.8 Å². The molecule has 0 unspecified atom stereocenters. The van der Waals surface area contributed by atoms with Crippen molar-refractivity contribution in [2.45, 2.75) is 6.92 Å². The number of hydrogen-bond acceptors (Lipinski definition) is 5. The average molecular weight is 273 g/mol. The Kier molecular flexibility index (Phi) is 4.20. The van der Waals surface area contributed by atoms with Crippen LogP contribution in [0.25, 0.3) is 6.08 Å². The van der Waals surface area contributed by atoms with Crippen molar-refractivity contribution in [1.29, 1.82) is 0 Å². The second-order valence-electron chi connectivity index (χ2n) is 4.12. The van der Waals surface area contributed by atoms with Crippen LogP contribution in [0.1, 0.15) is 12.5 Å². The Morgan fingerprint density at radius 1 is 1.40 bits per heavy atom. The molecule has 5 heteroatoms. The summed E-state index contributed by atoms with van der Waals surface area (Å²) in [5, 5.41) is 3.63. The molecule has 1 aliphatic heterocycles. The molecule has 104 valence electrons. The molecule has 2 rings (SSSR count). The van der Waals surface area contributed by atoms with Gasteiger partial charge in [-0.1, -0.05) is 23.9 Å². The van der Waals surface area contributed by atoms with Gasteiger partial charge in [0.25, 0.3) is 0 Å². The lowest BCUT2D eigenvalue weighted by Crippen LogP contribution is -2.02. The van der Waals surface area contributed by atoms with Gasteiger partial charge in [-0.25, -0.2) is 4.79 Å². The zero-order valence-electron chi connectivity index (χ0n) is 11.4. The Hall–Kier alpha value is -2.56. The molecule has 0 saturated heterocycles. The van der Waals surface area contributed by atoms with E-state index in [-0.39, 0.29) is 0 Å². The zero-order valence-corrected chi connectivity index (χ0v) is 11.4. The first-order chi connectivity index (χ1) is 9.65. The number of ether oxygens (including phenoxy) is 2. The molecule has 1 aromatic carbocycles. The van der Waals surface area contributed by atoms with E-state index in [4.69, 9.17) is 9.47 Å². The fourth-order valence-corrected chi connectivity index (χ4v) is 1.73. The van der Waals surface area contributed by atoms with Crippen molar-refractivity contribution in [3.8, 4) is 11.5 Å². The maximum absolute atomic E-state index is 11.5. The third-order valence-electron chi connectivity index (χ3n) is 2.73. The first kappa shape index (κ1) is 13.9. The van der Waals surface area contributed by atoms with E-state index in [0.29, 0.717) is 29.4 Å². The van der Waals surface area contributed by atoms with Gasteiger partial charge in [0.05, 0.1) is 18.4 Å². The molecular weight excluding hydrogens is 258 g/mol. The molecule has 0 amide bonds. The largest absolute Gasteiger partial charge is 0.493 e. The van der Waals surface area contributed by atoms with Gasteiger partial charge in [0.15, 0.2) is 11.5 Å². The van der Waals surface area contributed by atoms with Gasteiger partial charge in [-0.2, -0.15) is 0 Å². The van der Waals surface area contributed by atoms with Crippen LogP contribution in [0.2, 0.25) is 0 Å². The summed E-state index contributed by atoms with van der Waals surface area (Å²) in [6, 6.07) is 5.39. The van der Waals surface area contributed by atoms with Crippen molar-refractivity contribution in [1.82, 2.24) is 0 Å². The number of nitrogens with zero attached hydrogens (tertiary/aromatic N) is 1. The quantitative estimate of drug-likeness (QED) is 0.470. The van der Waals surface area contributed by atoms with E-state index >= 15 is 0 Å². The lowest BCUT2D eigenvalue weighted by Gasteiger charge is -2.09.